The first-order valence-electron chi connectivity index (χ1n) is 5.78. The van der Waals surface area contributed by atoms with E-state index in [0.29, 0.717) is 11.5 Å². The molecule has 0 saturated heterocycles. The van der Waals surface area contributed by atoms with E-state index in [4.69, 9.17) is 10.5 Å². The fourth-order valence-corrected chi connectivity index (χ4v) is 2.92. The zero-order valence-corrected chi connectivity index (χ0v) is 11.1. The van der Waals surface area contributed by atoms with Gasteiger partial charge in [0.1, 0.15) is 5.60 Å². The molecule has 94 valence electrons. The Hall–Kier alpha value is -0.280. The summed E-state index contributed by atoms with van der Waals surface area (Å²) in [4.78, 5) is 11.7. The van der Waals surface area contributed by atoms with Crippen LogP contribution in [0.4, 0.5) is 0 Å². The molecule has 2 rings (SSSR count). The van der Waals surface area contributed by atoms with Crippen molar-refractivity contribution in [3.8, 4) is 0 Å². The van der Waals surface area contributed by atoms with Crippen LogP contribution in [0.1, 0.15) is 46.5 Å². The first-order chi connectivity index (χ1) is 6.80. The maximum atomic E-state index is 11.7. The van der Waals surface area contributed by atoms with Gasteiger partial charge in [0.15, 0.2) is 0 Å². The Morgan fingerprint density at radius 1 is 1.25 bits per heavy atom. The minimum atomic E-state index is -0.351. The highest BCUT2D eigenvalue weighted by atomic mass is 35.5. The minimum Gasteiger partial charge on any atom is -0.460 e. The van der Waals surface area contributed by atoms with Crippen molar-refractivity contribution in [1.82, 2.24) is 0 Å². The average Bonchev–Trinajstić information content (AvgIpc) is 1.89. The molecule has 16 heavy (non-hydrogen) atoms. The van der Waals surface area contributed by atoms with Gasteiger partial charge in [-0.2, -0.15) is 0 Å². The second-order valence-electron chi connectivity index (χ2n) is 6.31. The van der Waals surface area contributed by atoms with E-state index in [9.17, 15) is 4.79 Å². The third-order valence-electron chi connectivity index (χ3n) is 3.49. The van der Waals surface area contributed by atoms with Crippen molar-refractivity contribution in [1.29, 1.82) is 0 Å². The Kier molecular flexibility index (Phi) is 3.61. The van der Waals surface area contributed by atoms with Crippen LogP contribution >= 0.6 is 12.4 Å². The molecule has 0 bridgehead atoms. The quantitative estimate of drug-likeness (QED) is 0.724. The van der Waals surface area contributed by atoms with E-state index in [-0.39, 0.29) is 29.9 Å². The molecule has 0 atom stereocenters. The Bertz CT molecular complexity index is 271. The largest absolute Gasteiger partial charge is 0.460 e. The van der Waals surface area contributed by atoms with Crippen molar-refractivity contribution < 1.29 is 9.53 Å². The molecule has 2 saturated carbocycles. The van der Waals surface area contributed by atoms with Crippen LogP contribution in [-0.2, 0) is 9.53 Å². The van der Waals surface area contributed by atoms with Gasteiger partial charge in [-0.05, 0) is 51.9 Å². The highest BCUT2D eigenvalue weighted by Gasteiger charge is 2.54. The lowest BCUT2D eigenvalue weighted by atomic mass is 9.50. The van der Waals surface area contributed by atoms with E-state index in [1.54, 1.807) is 0 Å². The predicted octanol–water partition coefficient (Wildman–Crippen LogP) is 2.27. The molecular formula is C12H22ClNO2. The molecular weight excluding hydrogens is 226 g/mol. The molecule has 0 aromatic carbocycles. The Labute approximate surface area is 104 Å². The number of carbonyl (C=O) groups is 1. The summed E-state index contributed by atoms with van der Waals surface area (Å²) in [5.74, 6) is 0.116. The second-order valence-corrected chi connectivity index (χ2v) is 6.31. The molecule has 0 aliphatic heterocycles. The van der Waals surface area contributed by atoms with Gasteiger partial charge in [0.25, 0.3) is 0 Å². The summed E-state index contributed by atoms with van der Waals surface area (Å²) >= 11 is 0. The van der Waals surface area contributed by atoms with E-state index in [2.05, 4.69) is 0 Å². The van der Waals surface area contributed by atoms with Gasteiger partial charge in [0.2, 0.25) is 0 Å². The van der Waals surface area contributed by atoms with Crippen molar-refractivity contribution >= 4 is 18.4 Å². The number of halogens is 1. The molecule has 0 radical (unpaired) electrons. The van der Waals surface area contributed by atoms with Gasteiger partial charge in [-0.3, -0.25) is 4.79 Å². The lowest BCUT2D eigenvalue weighted by Crippen LogP contribution is -2.55. The molecule has 0 aromatic rings. The van der Waals surface area contributed by atoms with Crippen LogP contribution in [0, 0.1) is 11.3 Å². The lowest BCUT2D eigenvalue weighted by Gasteiger charge is -2.56. The molecule has 0 amide bonds. The summed E-state index contributed by atoms with van der Waals surface area (Å²) in [6.07, 6.45) is 4.20. The van der Waals surface area contributed by atoms with Crippen LogP contribution in [0.3, 0.4) is 0 Å². The van der Waals surface area contributed by atoms with Crippen LogP contribution in [0.25, 0.3) is 0 Å². The van der Waals surface area contributed by atoms with Crippen molar-refractivity contribution in [2.24, 2.45) is 17.1 Å². The first-order valence-corrected chi connectivity index (χ1v) is 5.78. The van der Waals surface area contributed by atoms with Crippen LogP contribution < -0.4 is 5.73 Å². The Balaban J connectivity index is 0.00000128. The first kappa shape index (κ1) is 13.8. The van der Waals surface area contributed by atoms with Gasteiger partial charge in [0, 0.05) is 6.04 Å². The van der Waals surface area contributed by atoms with Crippen molar-refractivity contribution in [3.63, 3.8) is 0 Å². The fourth-order valence-electron chi connectivity index (χ4n) is 2.92. The monoisotopic (exact) mass is 247 g/mol. The second kappa shape index (κ2) is 4.19. The zero-order chi connectivity index (χ0) is 11.3. The van der Waals surface area contributed by atoms with E-state index < -0.39 is 0 Å². The Morgan fingerprint density at radius 3 is 2.12 bits per heavy atom. The van der Waals surface area contributed by atoms with Crippen LogP contribution in [0.5, 0.6) is 0 Å². The summed E-state index contributed by atoms with van der Waals surface area (Å²) in [7, 11) is 0. The number of esters is 1. The SMILES string of the molecule is CC(C)(C)OC(=O)C1CC2(CC(N)C2)C1.Cl. The number of nitrogens with two attached hydrogens (primary N) is 1. The van der Waals surface area contributed by atoms with Crippen molar-refractivity contribution in [2.45, 2.75) is 58.1 Å². The summed E-state index contributed by atoms with van der Waals surface area (Å²) in [6.45, 7) is 5.75. The van der Waals surface area contributed by atoms with Gasteiger partial charge < -0.3 is 10.5 Å². The normalized spacial score (nSPS) is 37.0. The molecule has 0 aromatic heterocycles. The topological polar surface area (TPSA) is 52.3 Å². The Morgan fingerprint density at radius 2 is 1.75 bits per heavy atom. The highest BCUT2D eigenvalue weighted by molar-refractivity contribution is 5.85. The summed E-state index contributed by atoms with van der Waals surface area (Å²) in [6, 6.07) is 0.379. The van der Waals surface area contributed by atoms with Gasteiger partial charge in [-0.1, -0.05) is 0 Å². The van der Waals surface area contributed by atoms with E-state index in [1.165, 1.54) is 0 Å². The number of hydrogen-bond donors (Lipinski definition) is 1. The van der Waals surface area contributed by atoms with E-state index in [0.717, 1.165) is 25.7 Å². The van der Waals surface area contributed by atoms with Gasteiger partial charge in [0.05, 0.1) is 5.92 Å². The maximum absolute atomic E-state index is 11.7. The summed E-state index contributed by atoms with van der Waals surface area (Å²) in [5.41, 5.74) is 5.84. The molecule has 4 heteroatoms. The molecule has 2 N–H and O–H groups in total. The number of hydrogen-bond acceptors (Lipinski definition) is 3. The van der Waals surface area contributed by atoms with Crippen molar-refractivity contribution in [3.05, 3.63) is 0 Å². The molecule has 2 aliphatic carbocycles. The standard InChI is InChI=1S/C12H21NO2.ClH/c1-11(2,3)15-10(14)8-4-12(5-8)6-9(13)7-12;/h8-9H,4-7,13H2,1-3H3;1H. The highest BCUT2D eigenvalue weighted by Crippen LogP contribution is 2.58. The lowest BCUT2D eigenvalue weighted by molar-refractivity contribution is -0.173. The van der Waals surface area contributed by atoms with Gasteiger partial charge in [-0.25, -0.2) is 0 Å². The van der Waals surface area contributed by atoms with Crippen LogP contribution in [0.15, 0.2) is 0 Å². The van der Waals surface area contributed by atoms with E-state index >= 15 is 0 Å². The predicted molar refractivity (Wildman–Crippen MR) is 65.5 cm³/mol. The number of carbonyl (C=O) groups excluding carboxylic acids is 1. The average molecular weight is 248 g/mol. The maximum Gasteiger partial charge on any atom is 0.309 e. The van der Waals surface area contributed by atoms with Crippen LogP contribution in [-0.4, -0.2) is 17.6 Å². The molecule has 2 aliphatic rings. The molecule has 0 unspecified atom stereocenters. The third kappa shape index (κ3) is 2.69. The molecule has 3 nitrogen and oxygen atoms in total. The summed E-state index contributed by atoms with van der Waals surface area (Å²) < 4.78 is 5.36. The smallest absolute Gasteiger partial charge is 0.309 e. The van der Waals surface area contributed by atoms with Gasteiger partial charge >= 0.3 is 5.97 Å². The third-order valence-corrected chi connectivity index (χ3v) is 3.49. The fraction of sp³-hybridized carbons (Fsp3) is 0.917. The molecule has 0 heterocycles. The van der Waals surface area contributed by atoms with E-state index in [1.807, 2.05) is 20.8 Å². The number of ether oxygens (including phenoxy) is 1. The minimum absolute atomic E-state index is 0. The zero-order valence-electron chi connectivity index (χ0n) is 10.3. The molecule has 1 spiro atoms. The molecule has 2 fully saturated rings. The van der Waals surface area contributed by atoms with Crippen molar-refractivity contribution in [2.75, 3.05) is 0 Å². The summed E-state index contributed by atoms with van der Waals surface area (Å²) in [5, 5.41) is 0. The van der Waals surface area contributed by atoms with Crippen LogP contribution in [0.2, 0.25) is 0 Å². The van der Waals surface area contributed by atoms with Gasteiger partial charge in [-0.15, -0.1) is 12.4 Å². The number of rotatable bonds is 1.